The van der Waals surface area contributed by atoms with Gasteiger partial charge in [0.1, 0.15) is 17.7 Å². The van der Waals surface area contributed by atoms with Crippen molar-refractivity contribution in [2.45, 2.75) is 71.9 Å². The summed E-state index contributed by atoms with van der Waals surface area (Å²) >= 11 is 6.33. The quantitative estimate of drug-likeness (QED) is 0.109. The molecule has 15 nitrogen and oxygen atoms in total. The van der Waals surface area contributed by atoms with Gasteiger partial charge in [-0.2, -0.15) is 18.4 Å². The molecule has 0 radical (unpaired) electrons. The van der Waals surface area contributed by atoms with E-state index in [0.717, 1.165) is 31.7 Å². The Hall–Kier alpha value is -5.83. The molecule has 4 amide bonds. The maximum atomic E-state index is 13.6. The van der Waals surface area contributed by atoms with E-state index in [1.807, 2.05) is 29.2 Å². The highest BCUT2D eigenvalue weighted by molar-refractivity contribution is 6.33. The van der Waals surface area contributed by atoms with E-state index in [1.54, 1.807) is 22.8 Å². The SMILES string of the molecule is CCCCCCCCNC(=O)N1CCN(c2nc(C(F)(F)F)c(C(=O)OCC)cc2C#N)CC1.CCOC(=O)c1cnc(N2CCN(C(=O)NCCc3ccccc3)CC2)c(Cl)c1. The molecule has 3 aromatic rings. The van der Waals surface area contributed by atoms with Crippen molar-refractivity contribution >= 4 is 47.2 Å². The van der Waals surface area contributed by atoms with Crippen LogP contribution in [0.2, 0.25) is 5.02 Å². The number of piperazine rings is 2. The number of ether oxygens (including phenoxy) is 2. The van der Waals surface area contributed by atoms with Crippen LogP contribution in [0.15, 0.2) is 48.7 Å². The molecule has 342 valence electrons. The van der Waals surface area contributed by atoms with Crippen LogP contribution in [-0.4, -0.2) is 122 Å². The van der Waals surface area contributed by atoms with Crippen LogP contribution >= 0.6 is 11.6 Å². The van der Waals surface area contributed by atoms with Gasteiger partial charge in [0.25, 0.3) is 0 Å². The number of rotatable bonds is 16. The molecule has 2 aliphatic rings. The molecule has 0 saturated carbocycles. The smallest absolute Gasteiger partial charge is 0.434 e. The number of halogens is 4. The Morgan fingerprint density at radius 2 is 1.32 bits per heavy atom. The lowest BCUT2D eigenvalue weighted by Crippen LogP contribution is -2.52. The van der Waals surface area contributed by atoms with Gasteiger partial charge in [-0.05, 0) is 44.4 Å². The van der Waals surface area contributed by atoms with Gasteiger partial charge in [-0.25, -0.2) is 29.1 Å². The van der Waals surface area contributed by atoms with Crippen LogP contribution in [-0.2, 0) is 22.1 Å². The predicted octanol–water partition coefficient (Wildman–Crippen LogP) is 7.33. The van der Waals surface area contributed by atoms with Crippen molar-refractivity contribution in [1.29, 1.82) is 5.26 Å². The van der Waals surface area contributed by atoms with E-state index in [2.05, 4.69) is 39.7 Å². The lowest BCUT2D eigenvalue weighted by molar-refractivity contribution is -0.141. The number of benzene rings is 1. The highest BCUT2D eigenvalue weighted by Gasteiger charge is 2.40. The summed E-state index contributed by atoms with van der Waals surface area (Å²) in [7, 11) is 0. The van der Waals surface area contributed by atoms with Crippen LogP contribution in [0.4, 0.5) is 34.4 Å². The first-order valence-corrected chi connectivity index (χ1v) is 21.8. The van der Waals surface area contributed by atoms with Gasteiger partial charge in [0.15, 0.2) is 5.69 Å². The molecule has 0 unspecified atom stereocenters. The number of unbranched alkanes of at least 4 members (excludes halogenated alkanes) is 5. The molecule has 63 heavy (non-hydrogen) atoms. The molecule has 2 fully saturated rings. The second-order valence-electron chi connectivity index (χ2n) is 14.8. The molecule has 5 rings (SSSR count). The predicted molar refractivity (Wildman–Crippen MR) is 233 cm³/mol. The third kappa shape index (κ3) is 15.2. The summed E-state index contributed by atoms with van der Waals surface area (Å²) in [5, 5.41) is 15.7. The van der Waals surface area contributed by atoms with E-state index >= 15 is 0 Å². The number of nitrogens with zero attached hydrogens (tertiary/aromatic N) is 7. The molecule has 2 N–H and O–H groups in total. The number of anilines is 2. The highest BCUT2D eigenvalue weighted by atomic mass is 35.5. The summed E-state index contributed by atoms with van der Waals surface area (Å²) in [6, 6.07) is 14.1. The number of nitrogens with one attached hydrogen (secondary N) is 2. The van der Waals surface area contributed by atoms with Crippen LogP contribution in [0.5, 0.6) is 0 Å². The van der Waals surface area contributed by atoms with E-state index in [9.17, 15) is 37.6 Å². The number of aromatic nitrogens is 2. The molecule has 0 bridgehead atoms. The van der Waals surface area contributed by atoms with Gasteiger partial charge in [-0.1, -0.05) is 81.0 Å². The van der Waals surface area contributed by atoms with Crippen molar-refractivity contribution in [2.75, 3.05) is 88.5 Å². The Kier molecular flexibility index (Phi) is 20.0. The zero-order valence-electron chi connectivity index (χ0n) is 36.1. The van der Waals surface area contributed by atoms with Crippen LogP contribution < -0.4 is 20.4 Å². The number of esters is 2. The van der Waals surface area contributed by atoms with Crippen LogP contribution in [0.1, 0.15) is 96.8 Å². The summed E-state index contributed by atoms with van der Waals surface area (Å²) in [4.78, 5) is 63.5. The number of hydrogen-bond donors (Lipinski definition) is 2. The summed E-state index contributed by atoms with van der Waals surface area (Å²) in [6.07, 6.45) is 4.07. The molecule has 0 atom stereocenters. The van der Waals surface area contributed by atoms with Gasteiger partial charge in [0.05, 0.1) is 34.9 Å². The normalized spacial score (nSPS) is 13.9. The molecular formula is C44H57ClF3N9O6. The van der Waals surface area contributed by atoms with Gasteiger partial charge < -0.3 is 39.7 Å². The Balaban J connectivity index is 0.000000280. The Labute approximate surface area is 371 Å². The van der Waals surface area contributed by atoms with Gasteiger partial charge in [-0.3, -0.25) is 0 Å². The number of nitriles is 1. The van der Waals surface area contributed by atoms with Gasteiger partial charge >= 0.3 is 30.2 Å². The first-order chi connectivity index (χ1) is 30.3. The summed E-state index contributed by atoms with van der Waals surface area (Å²) in [6.45, 7) is 10.1. The molecule has 1 aromatic carbocycles. The Morgan fingerprint density at radius 3 is 1.87 bits per heavy atom. The summed E-state index contributed by atoms with van der Waals surface area (Å²) < 4.78 is 50.5. The molecule has 2 aromatic heterocycles. The maximum Gasteiger partial charge on any atom is 0.434 e. The molecule has 0 aliphatic carbocycles. The van der Waals surface area contributed by atoms with Crippen molar-refractivity contribution in [3.05, 3.63) is 81.6 Å². The second-order valence-corrected chi connectivity index (χ2v) is 15.2. The number of alkyl halides is 3. The monoisotopic (exact) mass is 899 g/mol. The zero-order valence-corrected chi connectivity index (χ0v) is 36.9. The first kappa shape index (κ1) is 49.8. The van der Waals surface area contributed by atoms with E-state index in [0.29, 0.717) is 62.3 Å². The van der Waals surface area contributed by atoms with E-state index in [-0.39, 0.29) is 56.2 Å². The minimum absolute atomic E-state index is 0.0581. The second kappa shape index (κ2) is 25.3. The molecule has 0 spiro atoms. The number of carbonyl (C=O) groups is 4. The van der Waals surface area contributed by atoms with Crippen LogP contribution in [0.3, 0.4) is 0 Å². The van der Waals surface area contributed by atoms with Crippen molar-refractivity contribution in [3.63, 3.8) is 0 Å². The number of pyridine rings is 2. The lowest BCUT2D eigenvalue weighted by Gasteiger charge is -2.36. The average molecular weight is 900 g/mol. The fraction of sp³-hybridized carbons (Fsp3) is 0.523. The zero-order chi connectivity index (χ0) is 45.8. The van der Waals surface area contributed by atoms with Crippen LogP contribution in [0, 0.1) is 11.3 Å². The summed E-state index contributed by atoms with van der Waals surface area (Å²) in [5.74, 6) is -1.17. The molecule has 2 aliphatic heterocycles. The highest BCUT2D eigenvalue weighted by Crippen LogP contribution is 2.34. The first-order valence-electron chi connectivity index (χ1n) is 21.4. The third-order valence-electron chi connectivity index (χ3n) is 10.3. The van der Waals surface area contributed by atoms with E-state index in [1.165, 1.54) is 42.8 Å². The number of amides is 4. The standard InChI is InChI=1S/C23H32F3N5O3.C21H25ClN4O3/c1-3-5-6-7-8-9-10-28-22(33)31-13-11-30(12-14-31)20-17(16-27)15-18(21(32)34-4-2)19(29-20)23(24,25)26;1-2-29-20(27)17-14-18(22)19(24-15-17)25-10-12-26(13-11-25)21(28)23-9-8-16-6-4-3-5-7-16/h15H,3-14H2,1-2H3,(H,28,33);3-7,14-15H,2,8-13H2,1H3,(H,23,28). The van der Waals surface area contributed by atoms with Crippen LogP contribution in [0.25, 0.3) is 0 Å². The van der Waals surface area contributed by atoms with Crippen molar-refractivity contribution < 1.29 is 41.8 Å². The van der Waals surface area contributed by atoms with Gasteiger partial charge in [0.2, 0.25) is 0 Å². The van der Waals surface area contributed by atoms with Crippen molar-refractivity contribution in [1.82, 2.24) is 30.4 Å². The number of carbonyl (C=O) groups excluding carboxylic acids is 4. The molecule has 4 heterocycles. The molecule has 19 heteroatoms. The van der Waals surface area contributed by atoms with E-state index < -0.39 is 29.4 Å². The Morgan fingerprint density at radius 1 is 0.762 bits per heavy atom. The topological polar surface area (TPSA) is 173 Å². The molecular weight excluding hydrogens is 843 g/mol. The van der Waals surface area contributed by atoms with Gasteiger partial charge in [0, 0.05) is 71.6 Å². The maximum absolute atomic E-state index is 13.6. The fourth-order valence-corrected chi connectivity index (χ4v) is 7.21. The summed E-state index contributed by atoms with van der Waals surface area (Å²) in [5.41, 5.74) is -0.805. The van der Waals surface area contributed by atoms with Crippen molar-refractivity contribution in [2.24, 2.45) is 0 Å². The lowest BCUT2D eigenvalue weighted by atomic mass is 10.1. The fourth-order valence-electron chi connectivity index (χ4n) is 6.92. The minimum atomic E-state index is -4.90. The number of urea groups is 2. The van der Waals surface area contributed by atoms with Gasteiger partial charge in [-0.15, -0.1) is 0 Å². The third-order valence-corrected chi connectivity index (χ3v) is 10.6. The minimum Gasteiger partial charge on any atom is -0.462 e. The Bertz CT molecular complexity index is 2010. The van der Waals surface area contributed by atoms with Crippen molar-refractivity contribution in [3.8, 4) is 6.07 Å². The largest absolute Gasteiger partial charge is 0.462 e. The average Bonchev–Trinajstić information content (AvgIpc) is 3.28. The number of hydrogen-bond acceptors (Lipinski definition) is 11. The van der Waals surface area contributed by atoms with E-state index in [4.69, 9.17) is 21.1 Å². The molecule has 2 saturated heterocycles.